The van der Waals surface area contributed by atoms with Gasteiger partial charge in [-0.2, -0.15) is 0 Å². The highest BCUT2D eigenvalue weighted by Gasteiger charge is 2.24. The third-order valence-electron chi connectivity index (χ3n) is 8.19. The Morgan fingerprint density at radius 3 is 2.48 bits per heavy atom. The van der Waals surface area contributed by atoms with Crippen LogP contribution in [0.15, 0.2) is 52.2 Å². The SMILES string of the molecule is CCn1c(=O)n(CCCOC2CCCCO2)c(=O)c2c1nc(-c1ccc(OC3CCC3)nc1)n2Cc1ccc(C)cc1. The third-order valence-corrected chi connectivity index (χ3v) is 8.19. The maximum atomic E-state index is 14.0. The fraction of sp³-hybridized carbons (Fsp3) is 0.500. The van der Waals surface area contributed by atoms with Gasteiger partial charge in [0.15, 0.2) is 17.5 Å². The van der Waals surface area contributed by atoms with Gasteiger partial charge in [0.25, 0.3) is 5.56 Å². The van der Waals surface area contributed by atoms with E-state index in [0.717, 1.165) is 48.8 Å². The first kappa shape index (κ1) is 28.4. The van der Waals surface area contributed by atoms with E-state index in [4.69, 9.17) is 19.2 Å². The predicted octanol–water partition coefficient (Wildman–Crippen LogP) is 4.66. The number of pyridine rings is 1. The van der Waals surface area contributed by atoms with Gasteiger partial charge in [-0.05, 0) is 70.4 Å². The zero-order chi connectivity index (χ0) is 29.1. The Kier molecular flexibility index (Phi) is 8.53. The summed E-state index contributed by atoms with van der Waals surface area (Å²) in [7, 11) is 0. The van der Waals surface area contributed by atoms with E-state index in [9.17, 15) is 9.59 Å². The summed E-state index contributed by atoms with van der Waals surface area (Å²) in [5.74, 6) is 1.17. The molecule has 0 amide bonds. The van der Waals surface area contributed by atoms with Gasteiger partial charge in [-0.25, -0.2) is 14.8 Å². The summed E-state index contributed by atoms with van der Waals surface area (Å²) in [6.45, 7) is 6.12. The lowest BCUT2D eigenvalue weighted by Crippen LogP contribution is -2.40. The van der Waals surface area contributed by atoms with Gasteiger partial charge < -0.3 is 18.8 Å². The zero-order valence-corrected chi connectivity index (χ0v) is 24.5. The molecule has 42 heavy (non-hydrogen) atoms. The number of rotatable bonds is 11. The van der Waals surface area contributed by atoms with Gasteiger partial charge in [0, 0.05) is 44.1 Å². The summed E-state index contributed by atoms with van der Waals surface area (Å²) >= 11 is 0. The first-order chi connectivity index (χ1) is 20.5. The molecule has 0 N–H and O–H groups in total. The predicted molar refractivity (Wildman–Crippen MR) is 160 cm³/mol. The number of benzene rings is 1. The van der Waals surface area contributed by atoms with E-state index in [-0.39, 0.29) is 30.2 Å². The minimum absolute atomic E-state index is 0.206. The molecular formula is C32H39N5O5. The standard InChI is InChI=1S/C32H39N5O5/c1-3-35-30-28(31(38)36(32(35)39)17-7-19-41-27-10-4-5-18-40-27)37(21-23-13-11-22(2)12-14-23)29(34-30)24-15-16-26(33-20-24)42-25-8-6-9-25/h11-16,20,25,27H,3-10,17-19,21H2,1-2H3. The number of nitrogens with zero attached hydrogens (tertiary/aromatic N) is 5. The van der Waals surface area contributed by atoms with E-state index in [2.05, 4.69) is 29.2 Å². The van der Waals surface area contributed by atoms with E-state index >= 15 is 0 Å². The fourth-order valence-corrected chi connectivity index (χ4v) is 5.54. The molecule has 1 saturated heterocycles. The Bertz CT molecular complexity index is 1630. The van der Waals surface area contributed by atoms with Gasteiger partial charge in [0.2, 0.25) is 5.88 Å². The van der Waals surface area contributed by atoms with Gasteiger partial charge in [0.05, 0.1) is 6.61 Å². The fourth-order valence-electron chi connectivity index (χ4n) is 5.54. The van der Waals surface area contributed by atoms with Crippen LogP contribution in [0.1, 0.15) is 63.0 Å². The summed E-state index contributed by atoms with van der Waals surface area (Å²) < 4.78 is 22.3. The van der Waals surface area contributed by atoms with Crippen molar-refractivity contribution in [1.82, 2.24) is 23.7 Å². The summed E-state index contributed by atoms with van der Waals surface area (Å²) in [6.07, 6.45) is 8.58. The molecular weight excluding hydrogens is 534 g/mol. The number of hydrogen-bond acceptors (Lipinski definition) is 7. The third kappa shape index (κ3) is 5.91. The van der Waals surface area contributed by atoms with Crippen LogP contribution in [0.5, 0.6) is 5.88 Å². The largest absolute Gasteiger partial charge is 0.474 e. The molecule has 4 aromatic rings. The van der Waals surface area contributed by atoms with Gasteiger partial charge in [0.1, 0.15) is 11.9 Å². The minimum Gasteiger partial charge on any atom is -0.474 e. The molecule has 2 fully saturated rings. The van der Waals surface area contributed by atoms with Crippen molar-refractivity contribution in [3.63, 3.8) is 0 Å². The van der Waals surface area contributed by atoms with Crippen LogP contribution in [0.25, 0.3) is 22.6 Å². The molecule has 1 aromatic carbocycles. The Morgan fingerprint density at radius 2 is 1.81 bits per heavy atom. The zero-order valence-electron chi connectivity index (χ0n) is 24.5. The van der Waals surface area contributed by atoms with Crippen LogP contribution in [-0.4, -0.2) is 49.3 Å². The number of hydrogen-bond donors (Lipinski definition) is 0. The first-order valence-electron chi connectivity index (χ1n) is 15.2. The van der Waals surface area contributed by atoms with Crippen molar-refractivity contribution >= 4 is 11.2 Å². The highest BCUT2D eigenvalue weighted by atomic mass is 16.7. The average Bonchev–Trinajstić information content (AvgIpc) is 3.35. The van der Waals surface area contributed by atoms with Crippen molar-refractivity contribution in [3.05, 3.63) is 74.6 Å². The average molecular weight is 574 g/mol. The van der Waals surface area contributed by atoms with Crippen molar-refractivity contribution in [3.8, 4) is 17.3 Å². The quantitative estimate of drug-likeness (QED) is 0.241. The van der Waals surface area contributed by atoms with E-state index in [0.29, 0.717) is 55.6 Å². The normalized spacial score (nSPS) is 17.4. The first-order valence-corrected chi connectivity index (χ1v) is 15.2. The lowest BCUT2D eigenvalue weighted by atomic mass is 9.96. The summed E-state index contributed by atoms with van der Waals surface area (Å²) in [5.41, 5.74) is 3.01. The number of aryl methyl sites for hydroxylation is 2. The van der Waals surface area contributed by atoms with Crippen LogP contribution in [0.4, 0.5) is 0 Å². The molecule has 1 aliphatic heterocycles. The highest BCUT2D eigenvalue weighted by molar-refractivity contribution is 5.77. The topological polar surface area (TPSA) is 102 Å². The van der Waals surface area contributed by atoms with Crippen LogP contribution in [0.2, 0.25) is 0 Å². The van der Waals surface area contributed by atoms with Crippen molar-refractivity contribution in [2.45, 2.75) is 90.8 Å². The Balaban J connectivity index is 1.37. The van der Waals surface area contributed by atoms with Crippen molar-refractivity contribution < 1.29 is 14.2 Å². The van der Waals surface area contributed by atoms with Gasteiger partial charge >= 0.3 is 5.69 Å². The number of imidazole rings is 1. The van der Waals surface area contributed by atoms with Crippen LogP contribution in [-0.2, 0) is 29.1 Å². The monoisotopic (exact) mass is 573 g/mol. The summed E-state index contributed by atoms with van der Waals surface area (Å²) in [6, 6.07) is 12.0. The van der Waals surface area contributed by atoms with E-state index in [1.165, 1.54) is 11.0 Å². The molecule has 10 heteroatoms. The van der Waals surface area contributed by atoms with Crippen molar-refractivity contribution in [2.24, 2.45) is 0 Å². The van der Waals surface area contributed by atoms with Crippen LogP contribution < -0.4 is 16.0 Å². The van der Waals surface area contributed by atoms with Crippen LogP contribution in [0, 0.1) is 6.92 Å². The highest BCUT2D eigenvalue weighted by Crippen LogP contribution is 2.27. The van der Waals surface area contributed by atoms with E-state index < -0.39 is 0 Å². The van der Waals surface area contributed by atoms with Crippen LogP contribution >= 0.6 is 0 Å². The van der Waals surface area contributed by atoms with Gasteiger partial charge in [-0.15, -0.1) is 0 Å². The van der Waals surface area contributed by atoms with Gasteiger partial charge in [-0.1, -0.05) is 29.8 Å². The van der Waals surface area contributed by atoms with E-state index in [1.54, 1.807) is 10.8 Å². The number of ether oxygens (including phenoxy) is 3. The molecule has 6 rings (SSSR count). The summed E-state index contributed by atoms with van der Waals surface area (Å²) in [4.78, 5) is 37.0. The minimum atomic E-state index is -0.363. The molecule has 1 saturated carbocycles. The maximum Gasteiger partial charge on any atom is 0.332 e. The smallest absolute Gasteiger partial charge is 0.332 e. The second kappa shape index (κ2) is 12.6. The van der Waals surface area contributed by atoms with Crippen LogP contribution in [0.3, 0.4) is 0 Å². The van der Waals surface area contributed by atoms with Crippen molar-refractivity contribution in [2.75, 3.05) is 13.2 Å². The number of fused-ring (bicyclic) bond motifs is 1. The molecule has 0 bridgehead atoms. The molecule has 222 valence electrons. The molecule has 3 aromatic heterocycles. The van der Waals surface area contributed by atoms with Gasteiger partial charge in [-0.3, -0.25) is 13.9 Å². The van der Waals surface area contributed by atoms with Crippen molar-refractivity contribution in [1.29, 1.82) is 0 Å². The molecule has 1 unspecified atom stereocenters. The molecule has 4 heterocycles. The molecule has 0 radical (unpaired) electrons. The molecule has 2 aliphatic rings. The molecule has 1 aliphatic carbocycles. The Labute approximate surface area is 244 Å². The lowest BCUT2D eigenvalue weighted by Gasteiger charge is -2.25. The maximum absolute atomic E-state index is 14.0. The lowest BCUT2D eigenvalue weighted by molar-refractivity contribution is -0.163. The summed E-state index contributed by atoms with van der Waals surface area (Å²) in [5, 5.41) is 0. The molecule has 10 nitrogen and oxygen atoms in total. The molecule has 1 atom stereocenters. The molecule has 0 spiro atoms. The van der Waals surface area contributed by atoms with E-state index in [1.807, 2.05) is 30.5 Å². The Morgan fingerprint density at radius 1 is 0.976 bits per heavy atom. The Hall–Kier alpha value is -3.76. The second-order valence-corrected chi connectivity index (χ2v) is 11.2. The second-order valence-electron chi connectivity index (χ2n) is 11.2. The number of aromatic nitrogens is 5.